The molecule has 4 N–H and O–H groups in total. The Labute approximate surface area is 209 Å². The molecule has 2 aromatic carbocycles. The van der Waals surface area contributed by atoms with Crippen molar-refractivity contribution in [2.75, 3.05) is 13.1 Å². The quantitative estimate of drug-likeness (QED) is 0.322. The molecule has 0 aliphatic carbocycles. The Balaban J connectivity index is 0.000000380. The maximum atomic E-state index is 11.7. The molecular weight excluding hydrogens is 468 g/mol. The van der Waals surface area contributed by atoms with Crippen LogP contribution in [0.3, 0.4) is 0 Å². The molecule has 1 fully saturated rings. The number of nitrogens with one attached hydrogen (secondary N) is 2. The van der Waals surface area contributed by atoms with Gasteiger partial charge in [-0.3, -0.25) is 0 Å². The van der Waals surface area contributed by atoms with E-state index in [4.69, 9.17) is 0 Å². The number of hydrogen-bond donors (Lipinski definition) is 4. The first-order valence-electron chi connectivity index (χ1n) is 11.6. The Bertz CT molecular complexity index is 922. The lowest BCUT2D eigenvalue weighted by Gasteiger charge is -2.25. The number of aliphatic hydroxyl groups excluding tert-OH is 2. The van der Waals surface area contributed by atoms with Crippen LogP contribution in [-0.2, 0) is 19.1 Å². The van der Waals surface area contributed by atoms with Gasteiger partial charge in [-0.15, -0.1) is 0 Å². The first-order valence-corrected chi connectivity index (χ1v) is 11.6. The van der Waals surface area contributed by atoms with Crippen LogP contribution in [0.15, 0.2) is 60.7 Å². The van der Waals surface area contributed by atoms with E-state index in [1.54, 1.807) is 12.1 Å². The predicted molar refractivity (Wildman–Crippen MR) is 130 cm³/mol. The van der Waals surface area contributed by atoms with Crippen LogP contribution in [0.2, 0.25) is 0 Å². The van der Waals surface area contributed by atoms with Crippen molar-refractivity contribution in [1.82, 2.24) is 10.6 Å². The summed E-state index contributed by atoms with van der Waals surface area (Å²) in [7, 11) is 0. The highest BCUT2D eigenvalue weighted by Crippen LogP contribution is 2.07. The zero-order valence-corrected chi connectivity index (χ0v) is 20.3. The van der Waals surface area contributed by atoms with Gasteiger partial charge in [-0.2, -0.15) is 0 Å². The van der Waals surface area contributed by atoms with Crippen LogP contribution >= 0.6 is 0 Å². The van der Waals surface area contributed by atoms with E-state index in [9.17, 15) is 29.4 Å². The van der Waals surface area contributed by atoms with Crippen LogP contribution in [0.25, 0.3) is 0 Å². The smallest absolute Gasteiger partial charge is 0.346 e. The van der Waals surface area contributed by atoms with Crippen LogP contribution in [0, 0.1) is 0 Å². The van der Waals surface area contributed by atoms with E-state index in [1.807, 2.05) is 0 Å². The number of hydrogen-bond acceptors (Lipinski definition) is 10. The fraction of sp³-hybridized carbons (Fsp3) is 0.385. The third kappa shape index (κ3) is 9.67. The molecule has 2 aromatic rings. The Kier molecular flexibility index (Phi) is 11.9. The summed E-state index contributed by atoms with van der Waals surface area (Å²) >= 11 is 0. The SMILES string of the molecule is CC(C)N[C@@H]1CCCNC1.O=C(OC(=O)[C@H](O)[C@@H](O)C(=O)OC(=O)c1ccccc1)c1ccccc1. The number of piperidine rings is 1. The number of carbonyl (C=O) groups excluding carboxylic acids is 4. The third-order valence-corrected chi connectivity index (χ3v) is 5.05. The molecule has 3 atom stereocenters. The second-order valence-corrected chi connectivity index (χ2v) is 8.40. The molecule has 36 heavy (non-hydrogen) atoms. The Hall–Kier alpha value is -3.44. The van der Waals surface area contributed by atoms with Gasteiger partial charge in [0, 0.05) is 18.6 Å². The molecule has 194 valence electrons. The van der Waals surface area contributed by atoms with Crippen LogP contribution in [-0.4, -0.2) is 71.5 Å². The lowest BCUT2D eigenvalue weighted by molar-refractivity contribution is -0.166. The second kappa shape index (κ2) is 14.8. The lowest BCUT2D eigenvalue weighted by Crippen LogP contribution is -2.45. The fourth-order valence-corrected chi connectivity index (χ4v) is 3.29. The lowest BCUT2D eigenvalue weighted by atomic mass is 10.1. The summed E-state index contributed by atoms with van der Waals surface area (Å²) in [4.78, 5) is 46.8. The molecular formula is C26H32N2O8. The summed E-state index contributed by atoms with van der Waals surface area (Å²) in [5, 5.41) is 26.2. The molecule has 3 rings (SSSR count). The van der Waals surface area contributed by atoms with E-state index in [2.05, 4.69) is 34.0 Å². The summed E-state index contributed by atoms with van der Waals surface area (Å²) in [6.07, 6.45) is -2.15. The van der Waals surface area contributed by atoms with Crippen molar-refractivity contribution in [1.29, 1.82) is 0 Å². The van der Waals surface area contributed by atoms with Gasteiger partial charge >= 0.3 is 23.9 Å². The highest BCUT2D eigenvalue weighted by Gasteiger charge is 2.35. The van der Waals surface area contributed by atoms with E-state index >= 15 is 0 Å². The molecule has 1 aliphatic heterocycles. The summed E-state index contributed by atoms with van der Waals surface area (Å²) in [6, 6.07) is 16.2. The molecule has 0 radical (unpaired) electrons. The fourth-order valence-electron chi connectivity index (χ4n) is 3.29. The number of carbonyl (C=O) groups is 4. The molecule has 0 unspecified atom stereocenters. The standard InChI is InChI=1S/C18H14O8.C8H18N2/c19-13(17(23)25-15(21)11-7-3-1-4-8-11)14(20)18(24)26-16(22)12-9-5-2-6-10-12;1-7(2)10-8-4-3-5-9-6-8/h1-10,13-14,19-20H;7-10H,3-6H2,1-2H3/t13-,14-;8-/m11/s1. The minimum Gasteiger partial charge on any atom is -0.387 e. The average molecular weight is 501 g/mol. The topological polar surface area (TPSA) is 151 Å². The molecule has 10 heteroatoms. The van der Waals surface area contributed by atoms with Gasteiger partial charge < -0.3 is 30.3 Å². The number of esters is 4. The molecule has 1 saturated heterocycles. The van der Waals surface area contributed by atoms with Gasteiger partial charge in [-0.25, -0.2) is 19.2 Å². The summed E-state index contributed by atoms with van der Waals surface area (Å²) in [5.41, 5.74) is 0.0637. The van der Waals surface area contributed by atoms with Gasteiger partial charge in [0.2, 0.25) is 0 Å². The van der Waals surface area contributed by atoms with Crippen molar-refractivity contribution in [2.24, 2.45) is 0 Å². The summed E-state index contributed by atoms with van der Waals surface area (Å²) in [5.74, 6) is -5.27. The van der Waals surface area contributed by atoms with Gasteiger partial charge in [0.05, 0.1) is 11.1 Å². The Morgan fingerprint density at radius 3 is 1.64 bits per heavy atom. The molecule has 0 saturated carbocycles. The van der Waals surface area contributed by atoms with Crippen molar-refractivity contribution < 1.29 is 38.9 Å². The van der Waals surface area contributed by atoms with Crippen LogP contribution < -0.4 is 10.6 Å². The predicted octanol–water partition coefficient (Wildman–Crippen LogP) is 1.21. The number of benzene rings is 2. The number of aliphatic hydroxyl groups is 2. The number of rotatable bonds is 7. The monoisotopic (exact) mass is 500 g/mol. The van der Waals surface area contributed by atoms with E-state index < -0.39 is 36.1 Å². The maximum absolute atomic E-state index is 11.7. The van der Waals surface area contributed by atoms with E-state index in [0.29, 0.717) is 12.1 Å². The zero-order valence-electron chi connectivity index (χ0n) is 20.3. The molecule has 0 amide bonds. The van der Waals surface area contributed by atoms with Crippen LogP contribution in [0.1, 0.15) is 47.4 Å². The summed E-state index contributed by atoms with van der Waals surface area (Å²) < 4.78 is 8.76. The largest absolute Gasteiger partial charge is 0.387 e. The highest BCUT2D eigenvalue weighted by atomic mass is 16.6. The summed E-state index contributed by atoms with van der Waals surface area (Å²) in [6.45, 7) is 6.76. The van der Waals surface area contributed by atoms with Crippen LogP contribution in [0.5, 0.6) is 0 Å². The van der Waals surface area contributed by atoms with Gasteiger partial charge in [0.15, 0.2) is 12.2 Å². The van der Waals surface area contributed by atoms with E-state index in [-0.39, 0.29) is 11.1 Å². The minimum absolute atomic E-state index is 0.0318. The zero-order chi connectivity index (χ0) is 26.5. The van der Waals surface area contributed by atoms with Gasteiger partial charge in [0.1, 0.15) is 0 Å². The van der Waals surface area contributed by atoms with Crippen molar-refractivity contribution in [3.63, 3.8) is 0 Å². The van der Waals surface area contributed by atoms with Crippen molar-refractivity contribution in [3.8, 4) is 0 Å². The van der Waals surface area contributed by atoms with Crippen molar-refractivity contribution in [3.05, 3.63) is 71.8 Å². The van der Waals surface area contributed by atoms with Gasteiger partial charge in [-0.1, -0.05) is 50.2 Å². The third-order valence-electron chi connectivity index (χ3n) is 5.05. The van der Waals surface area contributed by atoms with Crippen molar-refractivity contribution >= 4 is 23.9 Å². The first-order chi connectivity index (χ1) is 17.2. The molecule has 10 nitrogen and oxygen atoms in total. The molecule has 0 bridgehead atoms. The maximum Gasteiger partial charge on any atom is 0.346 e. The van der Waals surface area contributed by atoms with Gasteiger partial charge in [-0.05, 0) is 43.7 Å². The first kappa shape index (κ1) is 28.8. The Morgan fingerprint density at radius 1 is 0.833 bits per heavy atom. The normalized spacial score (nSPS) is 16.6. The Morgan fingerprint density at radius 2 is 1.28 bits per heavy atom. The molecule has 1 aliphatic rings. The highest BCUT2D eigenvalue weighted by molar-refractivity contribution is 6.01. The second-order valence-electron chi connectivity index (χ2n) is 8.40. The van der Waals surface area contributed by atoms with E-state index in [0.717, 1.165) is 6.54 Å². The minimum atomic E-state index is -2.40. The van der Waals surface area contributed by atoms with Gasteiger partial charge in [0.25, 0.3) is 0 Å². The van der Waals surface area contributed by atoms with Crippen molar-refractivity contribution in [2.45, 2.75) is 51.0 Å². The number of ether oxygens (including phenoxy) is 2. The average Bonchev–Trinajstić information content (AvgIpc) is 2.89. The molecule has 0 spiro atoms. The van der Waals surface area contributed by atoms with E-state index in [1.165, 1.54) is 67.9 Å². The molecule has 1 heterocycles. The van der Waals surface area contributed by atoms with Crippen LogP contribution in [0.4, 0.5) is 0 Å². The molecule has 0 aromatic heterocycles.